The molecule has 1 atom stereocenters. The summed E-state index contributed by atoms with van der Waals surface area (Å²) in [6.45, 7) is 1.44. The third-order valence-corrected chi connectivity index (χ3v) is 5.56. The predicted molar refractivity (Wildman–Crippen MR) is 101 cm³/mol. The lowest BCUT2D eigenvalue weighted by molar-refractivity contribution is 0.0716. The summed E-state index contributed by atoms with van der Waals surface area (Å²) in [5.74, 6) is -0.00317. The van der Waals surface area contributed by atoms with Gasteiger partial charge in [-0.3, -0.25) is 9.48 Å². The molecule has 0 radical (unpaired) electrons. The second-order valence-electron chi connectivity index (χ2n) is 6.32. The average molecular weight is 368 g/mol. The normalized spacial score (nSPS) is 16.8. The number of carbonyl (C=O) groups excluding carboxylic acids is 1. The number of anilines is 2. The van der Waals surface area contributed by atoms with E-state index in [-0.39, 0.29) is 11.9 Å². The quantitative estimate of drug-likeness (QED) is 0.693. The molecule has 1 saturated heterocycles. The fourth-order valence-corrected chi connectivity index (χ4v) is 4.05. The summed E-state index contributed by atoms with van der Waals surface area (Å²) in [6, 6.07) is 10.2. The molecule has 7 nitrogen and oxygen atoms in total. The monoisotopic (exact) mass is 368 g/mol. The summed E-state index contributed by atoms with van der Waals surface area (Å²) in [7, 11) is 1.96. The van der Waals surface area contributed by atoms with Crippen molar-refractivity contribution in [1.82, 2.24) is 24.6 Å². The standard InChI is InChI=1S/C18H20N6OS/c1-22(14-6-3-2-4-7-14)18-21-16(11-26-18)17(25)24-9-5-8-15(24)10-23-13-19-12-20-23/h2-4,6-7,11-13,15H,5,8-10H2,1H3. The number of aromatic nitrogens is 4. The zero-order valence-corrected chi connectivity index (χ0v) is 15.3. The molecule has 1 aliphatic heterocycles. The largest absolute Gasteiger partial charge is 0.332 e. The zero-order chi connectivity index (χ0) is 17.9. The van der Waals surface area contributed by atoms with E-state index in [0.717, 1.165) is 30.2 Å². The molecule has 26 heavy (non-hydrogen) atoms. The van der Waals surface area contributed by atoms with Gasteiger partial charge in [-0.05, 0) is 25.0 Å². The molecule has 2 aromatic heterocycles. The number of amides is 1. The van der Waals surface area contributed by atoms with Crippen molar-refractivity contribution in [2.45, 2.75) is 25.4 Å². The molecule has 3 aromatic rings. The molecule has 0 saturated carbocycles. The van der Waals surface area contributed by atoms with E-state index in [1.54, 1.807) is 11.0 Å². The van der Waals surface area contributed by atoms with Gasteiger partial charge in [-0.1, -0.05) is 18.2 Å². The van der Waals surface area contributed by atoms with Crippen LogP contribution in [0.4, 0.5) is 10.8 Å². The Kier molecular flexibility index (Phi) is 4.66. The molecule has 0 bridgehead atoms. The highest BCUT2D eigenvalue weighted by atomic mass is 32.1. The van der Waals surface area contributed by atoms with E-state index in [9.17, 15) is 4.79 Å². The molecule has 1 fully saturated rings. The molecular formula is C18H20N6OS. The summed E-state index contributed by atoms with van der Waals surface area (Å²) in [6.07, 6.45) is 5.20. The summed E-state index contributed by atoms with van der Waals surface area (Å²) in [4.78, 5) is 25.4. The highest BCUT2D eigenvalue weighted by molar-refractivity contribution is 7.14. The van der Waals surface area contributed by atoms with E-state index in [0.29, 0.717) is 12.2 Å². The van der Waals surface area contributed by atoms with Crippen molar-refractivity contribution in [1.29, 1.82) is 0 Å². The van der Waals surface area contributed by atoms with Crippen LogP contribution in [-0.4, -0.2) is 50.2 Å². The number of likely N-dealkylation sites (tertiary alicyclic amines) is 1. The molecule has 1 aromatic carbocycles. The van der Waals surface area contributed by atoms with Gasteiger partial charge in [0.15, 0.2) is 5.13 Å². The first kappa shape index (κ1) is 16.7. The molecule has 1 aliphatic rings. The van der Waals surface area contributed by atoms with E-state index < -0.39 is 0 Å². The minimum Gasteiger partial charge on any atom is -0.332 e. The number of hydrogen-bond donors (Lipinski definition) is 0. The van der Waals surface area contributed by atoms with Crippen LogP contribution in [0.1, 0.15) is 23.3 Å². The van der Waals surface area contributed by atoms with Gasteiger partial charge >= 0.3 is 0 Å². The van der Waals surface area contributed by atoms with Crippen LogP contribution in [0.15, 0.2) is 48.4 Å². The van der Waals surface area contributed by atoms with Crippen LogP contribution < -0.4 is 4.90 Å². The Balaban J connectivity index is 1.49. The minimum absolute atomic E-state index is 0.00317. The SMILES string of the molecule is CN(c1ccccc1)c1nc(C(=O)N2CCCC2Cn2cncn2)cs1. The number of hydrogen-bond acceptors (Lipinski definition) is 6. The molecule has 0 aliphatic carbocycles. The van der Waals surface area contributed by atoms with Crippen molar-refractivity contribution in [2.24, 2.45) is 0 Å². The topological polar surface area (TPSA) is 67.2 Å². The summed E-state index contributed by atoms with van der Waals surface area (Å²) >= 11 is 1.49. The third kappa shape index (κ3) is 3.32. The molecule has 1 amide bonds. The first-order valence-corrected chi connectivity index (χ1v) is 9.48. The molecule has 134 valence electrons. The van der Waals surface area contributed by atoms with E-state index in [2.05, 4.69) is 15.1 Å². The summed E-state index contributed by atoms with van der Waals surface area (Å²) < 4.78 is 1.78. The van der Waals surface area contributed by atoms with Gasteiger partial charge in [-0.2, -0.15) is 5.10 Å². The fourth-order valence-electron chi connectivity index (χ4n) is 3.26. The van der Waals surface area contributed by atoms with Gasteiger partial charge < -0.3 is 9.80 Å². The molecular weight excluding hydrogens is 348 g/mol. The van der Waals surface area contributed by atoms with E-state index in [4.69, 9.17) is 0 Å². The Morgan fingerprint density at radius 2 is 2.19 bits per heavy atom. The highest BCUT2D eigenvalue weighted by Gasteiger charge is 2.31. The lowest BCUT2D eigenvalue weighted by Gasteiger charge is -2.23. The number of nitrogens with zero attached hydrogens (tertiary/aromatic N) is 6. The Hall–Kier alpha value is -2.74. The van der Waals surface area contributed by atoms with Gasteiger partial charge in [-0.25, -0.2) is 9.97 Å². The second-order valence-corrected chi connectivity index (χ2v) is 7.16. The van der Waals surface area contributed by atoms with Gasteiger partial charge in [0.1, 0.15) is 18.3 Å². The van der Waals surface area contributed by atoms with Crippen LogP contribution in [0.25, 0.3) is 0 Å². The van der Waals surface area contributed by atoms with Crippen LogP contribution in [-0.2, 0) is 6.54 Å². The van der Waals surface area contributed by atoms with E-state index >= 15 is 0 Å². The van der Waals surface area contributed by atoms with Crippen molar-refractivity contribution < 1.29 is 4.79 Å². The molecule has 1 unspecified atom stereocenters. The van der Waals surface area contributed by atoms with Crippen molar-refractivity contribution in [3.05, 3.63) is 54.1 Å². The van der Waals surface area contributed by atoms with Crippen molar-refractivity contribution >= 4 is 28.1 Å². The highest BCUT2D eigenvalue weighted by Crippen LogP contribution is 2.28. The van der Waals surface area contributed by atoms with E-state index in [1.165, 1.54) is 17.7 Å². The van der Waals surface area contributed by atoms with Gasteiger partial charge in [0, 0.05) is 24.7 Å². The number of para-hydroxylation sites is 1. The molecule has 3 heterocycles. The zero-order valence-electron chi connectivity index (χ0n) is 14.5. The number of carbonyl (C=O) groups is 1. The lowest BCUT2D eigenvalue weighted by atomic mass is 10.2. The maximum Gasteiger partial charge on any atom is 0.273 e. The smallest absolute Gasteiger partial charge is 0.273 e. The predicted octanol–water partition coefficient (Wildman–Crippen LogP) is 2.81. The second kappa shape index (κ2) is 7.25. The number of thiazole rings is 1. The fraction of sp³-hybridized carbons (Fsp3) is 0.333. The molecule has 8 heteroatoms. The van der Waals surface area contributed by atoms with Gasteiger partial charge in [-0.15, -0.1) is 11.3 Å². The van der Waals surface area contributed by atoms with Gasteiger partial charge in [0.05, 0.1) is 12.6 Å². The van der Waals surface area contributed by atoms with Gasteiger partial charge in [0.2, 0.25) is 0 Å². The Morgan fingerprint density at radius 1 is 1.35 bits per heavy atom. The molecule has 4 rings (SSSR count). The molecule has 0 N–H and O–H groups in total. The first-order valence-electron chi connectivity index (χ1n) is 8.60. The first-order chi connectivity index (χ1) is 12.7. The van der Waals surface area contributed by atoms with Crippen LogP contribution in [0, 0.1) is 0 Å². The van der Waals surface area contributed by atoms with Crippen molar-refractivity contribution in [3.8, 4) is 0 Å². The molecule has 0 spiro atoms. The Labute approximate surface area is 155 Å². The van der Waals surface area contributed by atoms with Gasteiger partial charge in [0.25, 0.3) is 5.91 Å². The van der Waals surface area contributed by atoms with Crippen molar-refractivity contribution in [3.63, 3.8) is 0 Å². The Bertz CT molecular complexity index is 863. The van der Waals surface area contributed by atoms with Crippen LogP contribution in [0.2, 0.25) is 0 Å². The summed E-state index contributed by atoms with van der Waals surface area (Å²) in [5.41, 5.74) is 1.56. The lowest BCUT2D eigenvalue weighted by Crippen LogP contribution is -2.38. The maximum absolute atomic E-state index is 13.0. The minimum atomic E-state index is -0.00317. The summed E-state index contributed by atoms with van der Waals surface area (Å²) in [5, 5.41) is 6.82. The van der Waals surface area contributed by atoms with E-state index in [1.807, 2.05) is 52.6 Å². The number of rotatable bonds is 5. The average Bonchev–Trinajstić information content (AvgIpc) is 3.43. The van der Waals surface area contributed by atoms with Crippen LogP contribution in [0.5, 0.6) is 0 Å². The maximum atomic E-state index is 13.0. The van der Waals surface area contributed by atoms with Crippen molar-refractivity contribution in [2.75, 3.05) is 18.5 Å². The third-order valence-electron chi connectivity index (χ3n) is 4.64. The van der Waals surface area contributed by atoms with Crippen LogP contribution in [0.3, 0.4) is 0 Å². The Morgan fingerprint density at radius 3 is 2.96 bits per heavy atom. The van der Waals surface area contributed by atoms with Crippen LogP contribution >= 0.6 is 11.3 Å². The number of benzene rings is 1.